The Kier molecular flexibility index (Phi) is 4.29. The molecule has 0 N–H and O–H groups in total. The summed E-state index contributed by atoms with van der Waals surface area (Å²) in [6.07, 6.45) is 5.46. The molecule has 0 aliphatic rings. The second-order valence-corrected chi connectivity index (χ2v) is 6.82. The second kappa shape index (κ2) is 7.25. The number of para-hydroxylation sites is 1. The van der Waals surface area contributed by atoms with Crippen LogP contribution in [0.5, 0.6) is 0 Å². The van der Waals surface area contributed by atoms with E-state index < -0.39 is 0 Å². The van der Waals surface area contributed by atoms with Crippen LogP contribution in [0.2, 0.25) is 0 Å². The molecule has 6 heteroatoms. The summed E-state index contributed by atoms with van der Waals surface area (Å²) in [4.78, 5) is 20.1. The van der Waals surface area contributed by atoms with Crippen molar-refractivity contribution < 1.29 is 4.92 Å². The average Bonchev–Trinajstić information content (AvgIpc) is 3.24. The van der Waals surface area contributed by atoms with Gasteiger partial charge in [-0.05, 0) is 48.0 Å². The highest BCUT2D eigenvalue weighted by Gasteiger charge is 2.17. The molecule has 0 bridgehead atoms. The van der Waals surface area contributed by atoms with Gasteiger partial charge in [-0.3, -0.25) is 15.1 Å². The topological polar surface area (TPSA) is 73.8 Å². The van der Waals surface area contributed by atoms with Crippen LogP contribution >= 0.6 is 0 Å². The van der Waals surface area contributed by atoms with E-state index in [4.69, 9.17) is 4.98 Å². The number of hydrogen-bond acceptors (Lipinski definition) is 4. The van der Waals surface area contributed by atoms with Crippen molar-refractivity contribution in [3.63, 3.8) is 0 Å². The van der Waals surface area contributed by atoms with E-state index >= 15 is 0 Å². The van der Waals surface area contributed by atoms with Gasteiger partial charge in [-0.2, -0.15) is 0 Å². The summed E-state index contributed by atoms with van der Waals surface area (Å²) < 4.78 is 1.99. The van der Waals surface area contributed by atoms with Crippen LogP contribution in [-0.4, -0.2) is 19.5 Å². The van der Waals surface area contributed by atoms with Crippen LogP contribution in [0.1, 0.15) is 0 Å². The number of nitro groups is 1. The lowest BCUT2D eigenvalue weighted by molar-refractivity contribution is -0.384. The molecule has 3 heterocycles. The van der Waals surface area contributed by atoms with Crippen molar-refractivity contribution in [2.24, 2.45) is 0 Å². The molecule has 0 amide bonds. The van der Waals surface area contributed by atoms with Crippen molar-refractivity contribution in [3.05, 3.63) is 108 Å². The van der Waals surface area contributed by atoms with Crippen LogP contribution in [0.4, 0.5) is 5.69 Å². The van der Waals surface area contributed by atoms with Gasteiger partial charge in [0.25, 0.3) is 5.69 Å². The summed E-state index contributed by atoms with van der Waals surface area (Å²) in [5.41, 5.74) is 4.22. The standard InChI is InChI=1S/C24H16N4O2/c29-28(30)23-10-2-1-7-19(23)18-8-3-11-22-20(18)13-15-27(22)24-12-4-9-21(26-24)17-6-5-14-25-16-17/h1-16H. The van der Waals surface area contributed by atoms with E-state index in [0.29, 0.717) is 5.56 Å². The van der Waals surface area contributed by atoms with Crippen LogP contribution in [0.3, 0.4) is 0 Å². The Morgan fingerprint density at radius 3 is 2.50 bits per heavy atom. The molecule has 6 nitrogen and oxygen atoms in total. The van der Waals surface area contributed by atoms with Gasteiger partial charge in [0.15, 0.2) is 0 Å². The Morgan fingerprint density at radius 2 is 1.67 bits per heavy atom. The molecule has 2 aromatic carbocycles. The van der Waals surface area contributed by atoms with Crippen LogP contribution in [0.25, 0.3) is 39.1 Å². The maximum Gasteiger partial charge on any atom is 0.277 e. The zero-order chi connectivity index (χ0) is 20.5. The van der Waals surface area contributed by atoms with Gasteiger partial charge < -0.3 is 4.57 Å². The molecule has 0 aliphatic heterocycles. The summed E-state index contributed by atoms with van der Waals surface area (Å²) in [6, 6.07) is 24.3. The molecule has 0 aliphatic carbocycles. The molecule has 5 aromatic rings. The highest BCUT2D eigenvalue weighted by molar-refractivity contribution is 5.98. The van der Waals surface area contributed by atoms with Gasteiger partial charge in [0.05, 0.1) is 21.7 Å². The first-order chi connectivity index (χ1) is 14.7. The first-order valence-electron chi connectivity index (χ1n) is 9.44. The molecular weight excluding hydrogens is 376 g/mol. The Bertz CT molecular complexity index is 1380. The van der Waals surface area contributed by atoms with Crippen molar-refractivity contribution in [3.8, 4) is 28.2 Å². The SMILES string of the molecule is O=[N+]([O-])c1ccccc1-c1cccc2c1ccn2-c1cccc(-c2cccnc2)n1. The fourth-order valence-corrected chi connectivity index (χ4v) is 3.70. The van der Waals surface area contributed by atoms with Gasteiger partial charge in [0, 0.05) is 35.6 Å². The van der Waals surface area contributed by atoms with Crippen molar-refractivity contribution in [2.75, 3.05) is 0 Å². The fourth-order valence-electron chi connectivity index (χ4n) is 3.70. The maximum atomic E-state index is 11.5. The number of fused-ring (bicyclic) bond motifs is 1. The quantitative estimate of drug-likeness (QED) is 0.292. The first-order valence-corrected chi connectivity index (χ1v) is 9.44. The number of pyridine rings is 2. The monoisotopic (exact) mass is 392 g/mol. The molecule has 0 fully saturated rings. The lowest BCUT2D eigenvalue weighted by atomic mass is 10.0. The molecule has 0 spiro atoms. The van der Waals surface area contributed by atoms with Gasteiger partial charge in [-0.15, -0.1) is 0 Å². The van der Waals surface area contributed by atoms with E-state index in [1.807, 2.05) is 71.4 Å². The third-order valence-electron chi connectivity index (χ3n) is 5.06. The fraction of sp³-hybridized carbons (Fsp3) is 0. The van der Waals surface area contributed by atoms with Crippen molar-refractivity contribution in [1.82, 2.24) is 14.5 Å². The van der Waals surface area contributed by atoms with E-state index in [2.05, 4.69) is 4.98 Å². The Morgan fingerprint density at radius 1 is 0.833 bits per heavy atom. The second-order valence-electron chi connectivity index (χ2n) is 6.82. The smallest absolute Gasteiger partial charge is 0.277 e. The summed E-state index contributed by atoms with van der Waals surface area (Å²) in [5, 5.41) is 12.4. The van der Waals surface area contributed by atoms with E-state index in [1.54, 1.807) is 24.5 Å². The zero-order valence-corrected chi connectivity index (χ0v) is 15.8. The minimum absolute atomic E-state index is 0.0921. The number of benzene rings is 2. The summed E-state index contributed by atoms with van der Waals surface area (Å²) in [7, 11) is 0. The number of nitrogens with zero attached hydrogens (tertiary/aromatic N) is 4. The highest BCUT2D eigenvalue weighted by Crippen LogP contribution is 2.35. The summed E-state index contributed by atoms with van der Waals surface area (Å²) in [6.45, 7) is 0. The predicted octanol–water partition coefficient (Wildman–Crippen LogP) is 5.66. The molecule has 0 saturated carbocycles. The molecule has 0 unspecified atom stereocenters. The van der Waals surface area contributed by atoms with Gasteiger partial charge >= 0.3 is 0 Å². The van der Waals surface area contributed by atoms with Crippen molar-refractivity contribution in [1.29, 1.82) is 0 Å². The molecular formula is C24H16N4O2. The van der Waals surface area contributed by atoms with Crippen molar-refractivity contribution in [2.45, 2.75) is 0 Å². The van der Waals surface area contributed by atoms with Gasteiger partial charge in [-0.1, -0.05) is 30.3 Å². The lowest BCUT2D eigenvalue weighted by Crippen LogP contribution is -1.97. The molecule has 0 radical (unpaired) electrons. The molecule has 144 valence electrons. The predicted molar refractivity (Wildman–Crippen MR) is 116 cm³/mol. The number of aromatic nitrogens is 3. The molecule has 0 saturated heterocycles. The van der Waals surface area contributed by atoms with Gasteiger partial charge in [-0.25, -0.2) is 4.98 Å². The van der Waals surface area contributed by atoms with Crippen LogP contribution in [0, 0.1) is 10.1 Å². The van der Waals surface area contributed by atoms with Gasteiger partial charge in [0.1, 0.15) is 5.82 Å². The van der Waals surface area contributed by atoms with E-state index in [0.717, 1.165) is 33.5 Å². The number of rotatable bonds is 4. The van der Waals surface area contributed by atoms with Crippen LogP contribution in [-0.2, 0) is 0 Å². The van der Waals surface area contributed by atoms with E-state index in [-0.39, 0.29) is 10.6 Å². The molecule has 3 aromatic heterocycles. The minimum atomic E-state index is -0.343. The van der Waals surface area contributed by atoms with E-state index in [1.165, 1.54) is 6.07 Å². The first kappa shape index (κ1) is 17.8. The summed E-state index contributed by atoms with van der Waals surface area (Å²) in [5.74, 6) is 0.770. The molecule has 0 atom stereocenters. The third-order valence-corrected chi connectivity index (χ3v) is 5.06. The molecule has 30 heavy (non-hydrogen) atoms. The third kappa shape index (κ3) is 3.00. The minimum Gasteiger partial charge on any atom is -0.301 e. The average molecular weight is 392 g/mol. The molecule has 5 rings (SSSR count). The Labute approximate surface area is 172 Å². The van der Waals surface area contributed by atoms with Crippen LogP contribution < -0.4 is 0 Å². The largest absolute Gasteiger partial charge is 0.301 e. The van der Waals surface area contributed by atoms with Crippen LogP contribution in [0.15, 0.2) is 97.5 Å². The van der Waals surface area contributed by atoms with Gasteiger partial charge in [0.2, 0.25) is 0 Å². The number of nitro benzene ring substituents is 1. The summed E-state index contributed by atoms with van der Waals surface area (Å²) >= 11 is 0. The normalized spacial score (nSPS) is 10.9. The Balaban J connectivity index is 1.66. The Hall–Kier alpha value is -4.32. The number of hydrogen-bond donors (Lipinski definition) is 0. The van der Waals surface area contributed by atoms with E-state index in [9.17, 15) is 10.1 Å². The zero-order valence-electron chi connectivity index (χ0n) is 15.8. The lowest BCUT2D eigenvalue weighted by Gasteiger charge is -2.09. The van der Waals surface area contributed by atoms with Crippen molar-refractivity contribution >= 4 is 16.6 Å². The highest BCUT2D eigenvalue weighted by atomic mass is 16.6. The maximum absolute atomic E-state index is 11.5.